The fourth-order valence-corrected chi connectivity index (χ4v) is 5.46. The van der Waals surface area contributed by atoms with Gasteiger partial charge in [0.2, 0.25) is 15.9 Å². The molecule has 0 bridgehead atoms. The van der Waals surface area contributed by atoms with Crippen molar-refractivity contribution < 1.29 is 17.6 Å². The largest absolute Gasteiger partial charge is 0.336 e. The number of hydrogen-bond donors (Lipinski definition) is 1. The zero-order valence-electron chi connectivity index (χ0n) is 14.0. The molecule has 3 rings (SSSR count). The molecule has 6 nitrogen and oxygen atoms in total. The highest BCUT2D eigenvalue weighted by Gasteiger charge is 2.36. The maximum atomic E-state index is 13.6. The second-order valence-electron chi connectivity index (χ2n) is 6.45. The molecular weight excluding hydrogens is 369 g/mol. The van der Waals surface area contributed by atoms with Gasteiger partial charge in [0, 0.05) is 32.2 Å². The molecule has 2 fully saturated rings. The van der Waals surface area contributed by atoms with E-state index in [0.29, 0.717) is 26.1 Å². The Kier molecular flexibility index (Phi) is 5.34. The number of benzene rings is 1. The van der Waals surface area contributed by atoms with E-state index >= 15 is 0 Å². The van der Waals surface area contributed by atoms with Crippen molar-refractivity contribution in [2.24, 2.45) is 0 Å². The van der Waals surface area contributed by atoms with Gasteiger partial charge < -0.3 is 10.2 Å². The second-order valence-corrected chi connectivity index (χ2v) is 8.77. The third-order valence-electron chi connectivity index (χ3n) is 4.76. The van der Waals surface area contributed by atoms with Gasteiger partial charge in [-0.15, -0.1) is 0 Å². The maximum absolute atomic E-state index is 13.6. The standard InChI is InChI=1S/C16H21ClFN3O3S/c1-11-7-15(13(17)8-14(11)18)25(23,24)20-5-2-3-12(10-20)21-6-4-19-9-16(21)22/h7-8,12,19H,2-6,9-10H2,1H3. The molecule has 1 aromatic rings. The van der Waals surface area contributed by atoms with Gasteiger partial charge in [0.05, 0.1) is 11.6 Å². The summed E-state index contributed by atoms with van der Waals surface area (Å²) in [6.07, 6.45) is 1.44. The Morgan fingerprint density at radius 1 is 1.32 bits per heavy atom. The van der Waals surface area contributed by atoms with Gasteiger partial charge in [-0.05, 0) is 37.5 Å². The van der Waals surface area contributed by atoms with Gasteiger partial charge in [-0.1, -0.05) is 11.6 Å². The average Bonchev–Trinajstić information content (AvgIpc) is 2.58. The summed E-state index contributed by atoms with van der Waals surface area (Å²) in [5.74, 6) is -0.543. The Bertz CT molecular complexity index is 787. The van der Waals surface area contributed by atoms with E-state index in [9.17, 15) is 17.6 Å². The first-order valence-corrected chi connectivity index (χ1v) is 10.1. The number of nitrogens with one attached hydrogen (secondary N) is 1. The average molecular weight is 390 g/mol. The van der Waals surface area contributed by atoms with E-state index < -0.39 is 15.8 Å². The fraction of sp³-hybridized carbons (Fsp3) is 0.562. The molecule has 2 saturated heterocycles. The number of piperazine rings is 1. The number of amides is 1. The Morgan fingerprint density at radius 2 is 2.08 bits per heavy atom. The van der Waals surface area contributed by atoms with Crippen molar-refractivity contribution in [1.29, 1.82) is 0 Å². The fourth-order valence-electron chi connectivity index (χ4n) is 3.37. The van der Waals surface area contributed by atoms with Crippen molar-refractivity contribution in [1.82, 2.24) is 14.5 Å². The molecule has 1 atom stereocenters. The lowest BCUT2D eigenvalue weighted by molar-refractivity contribution is -0.135. The smallest absolute Gasteiger partial charge is 0.244 e. The molecule has 138 valence electrons. The first-order valence-electron chi connectivity index (χ1n) is 8.26. The van der Waals surface area contributed by atoms with E-state index in [4.69, 9.17) is 11.6 Å². The summed E-state index contributed by atoms with van der Waals surface area (Å²) in [5.41, 5.74) is 0.230. The second kappa shape index (κ2) is 7.19. The normalized spacial score (nSPS) is 23.1. The highest BCUT2D eigenvalue weighted by atomic mass is 35.5. The van der Waals surface area contributed by atoms with Crippen LogP contribution in [0.15, 0.2) is 17.0 Å². The van der Waals surface area contributed by atoms with Gasteiger partial charge >= 0.3 is 0 Å². The van der Waals surface area contributed by atoms with E-state index in [1.807, 2.05) is 0 Å². The summed E-state index contributed by atoms with van der Waals surface area (Å²) in [6.45, 7) is 3.67. The topological polar surface area (TPSA) is 69.7 Å². The van der Waals surface area contributed by atoms with Crippen LogP contribution in [0.4, 0.5) is 4.39 Å². The lowest BCUT2D eigenvalue weighted by atomic mass is 10.1. The highest BCUT2D eigenvalue weighted by Crippen LogP contribution is 2.30. The molecule has 0 aromatic heterocycles. The molecule has 2 aliphatic rings. The third-order valence-corrected chi connectivity index (χ3v) is 7.09. The Balaban J connectivity index is 1.85. The zero-order chi connectivity index (χ0) is 18.2. The van der Waals surface area contributed by atoms with Gasteiger partial charge in [-0.2, -0.15) is 4.31 Å². The predicted molar refractivity (Wildman–Crippen MR) is 92.5 cm³/mol. The maximum Gasteiger partial charge on any atom is 0.244 e. The van der Waals surface area contributed by atoms with Crippen molar-refractivity contribution in [3.05, 3.63) is 28.5 Å². The number of carbonyl (C=O) groups excluding carboxylic acids is 1. The molecule has 25 heavy (non-hydrogen) atoms. The van der Waals surface area contributed by atoms with Gasteiger partial charge in [0.15, 0.2) is 0 Å². The number of sulfonamides is 1. The molecule has 0 saturated carbocycles. The minimum atomic E-state index is -3.84. The number of nitrogens with zero attached hydrogens (tertiary/aromatic N) is 2. The Labute approximate surface area is 152 Å². The van der Waals surface area contributed by atoms with Crippen LogP contribution < -0.4 is 5.32 Å². The third kappa shape index (κ3) is 3.67. The molecule has 0 radical (unpaired) electrons. The summed E-state index contributed by atoms with van der Waals surface area (Å²) in [5, 5.41) is 2.89. The van der Waals surface area contributed by atoms with Gasteiger partial charge in [0.1, 0.15) is 10.7 Å². The van der Waals surface area contributed by atoms with Crippen LogP contribution >= 0.6 is 11.6 Å². The number of rotatable bonds is 3. The molecule has 2 aliphatic heterocycles. The van der Waals surface area contributed by atoms with E-state index in [2.05, 4.69) is 5.32 Å². The predicted octanol–water partition coefficient (Wildman–Crippen LogP) is 1.37. The van der Waals surface area contributed by atoms with Gasteiger partial charge in [0.25, 0.3) is 0 Å². The molecule has 0 aliphatic carbocycles. The molecule has 9 heteroatoms. The lowest BCUT2D eigenvalue weighted by Crippen LogP contribution is -2.57. The first kappa shape index (κ1) is 18.6. The van der Waals surface area contributed by atoms with E-state index in [1.54, 1.807) is 4.90 Å². The van der Waals surface area contributed by atoms with E-state index in [0.717, 1.165) is 12.5 Å². The SMILES string of the molecule is Cc1cc(S(=O)(=O)N2CCCC(N3CCNCC3=O)C2)c(Cl)cc1F. The monoisotopic (exact) mass is 389 g/mol. The van der Waals surface area contributed by atoms with Crippen molar-refractivity contribution >= 4 is 27.5 Å². The highest BCUT2D eigenvalue weighted by molar-refractivity contribution is 7.89. The quantitative estimate of drug-likeness (QED) is 0.847. The molecule has 2 heterocycles. The Hall–Kier alpha value is -1.22. The molecule has 1 amide bonds. The van der Waals surface area contributed by atoms with Crippen molar-refractivity contribution in [2.75, 3.05) is 32.7 Å². The number of carbonyl (C=O) groups is 1. The van der Waals surface area contributed by atoms with Gasteiger partial charge in [-0.25, -0.2) is 12.8 Å². The van der Waals surface area contributed by atoms with Crippen LogP contribution in [0.1, 0.15) is 18.4 Å². The Morgan fingerprint density at radius 3 is 2.80 bits per heavy atom. The first-order chi connectivity index (χ1) is 11.8. The summed E-state index contributed by atoms with van der Waals surface area (Å²) in [7, 11) is -3.84. The molecule has 1 unspecified atom stereocenters. The van der Waals surface area contributed by atoms with E-state index in [1.165, 1.54) is 17.3 Å². The van der Waals surface area contributed by atoms with Crippen LogP contribution in [-0.4, -0.2) is 62.3 Å². The minimum absolute atomic E-state index is 0.00819. The summed E-state index contributed by atoms with van der Waals surface area (Å²) in [6, 6.07) is 2.16. The molecule has 0 spiro atoms. The number of hydrogen-bond acceptors (Lipinski definition) is 4. The van der Waals surface area contributed by atoms with Crippen LogP contribution in [0.3, 0.4) is 0 Å². The summed E-state index contributed by atoms with van der Waals surface area (Å²) in [4.78, 5) is 13.8. The molecule has 1 N–H and O–H groups in total. The van der Waals surface area contributed by atoms with Crippen molar-refractivity contribution in [3.63, 3.8) is 0 Å². The summed E-state index contributed by atoms with van der Waals surface area (Å²) < 4.78 is 40.9. The number of piperidine rings is 1. The lowest BCUT2D eigenvalue weighted by Gasteiger charge is -2.40. The number of halogens is 2. The van der Waals surface area contributed by atoms with Gasteiger partial charge in [-0.3, -0.25) is 4.79 Å². The van der Waals surface area contributed by atoms with Crippen LogP contribution in [0, 0.1) is 12.7 Å². The van der Waals surface area contributed by atoms with Crippen LogP contribution in [-0.2, 0) is 14.8 Å². The van der Waals surface area contributed by atoms with Crippen LogP contribution in [0.5, 0.6) is 0 Å². The summed E-state index contributed by atoms with van der Waals surface area (Å²) >= 11 is 5.99. The minimum Gasteiger partial charge on any atom is -0.336 e. The van der Waals surface area contributed by atoms with Crippen LogP contribution in [0.2, 0.25) is 5.02 Å². The molecule has 1 aromatic carbocycles. The van der Waals surface area contributed by atoms with Crippen LogP contribution in [0.25, 0.3) is 0 Å². The molecular formula is C16H21ClFN3O3S. The van der Waals surface area contributed by atoms with Crippen molar-refractivity contribution in [2.45, 2.75) is 30.7 Å². The zero-order valence-corrected chi connectivity index (χ0v) is 15.5. The van der Waals surface area contributed by atoms with Crippen molar-refractivity contribution in [3.8, 4) is 0 Å². The van der Waals surface area contributed by atoms with E-state index in [-0.39, 0.29) is 40.5 Å². The number of aryl methyl sites for hydroxylation is 1.